The molecule has 1 amide bonds. The SMILES string of the molecule is CN1CCC(NC(=O)C2(c3cccc(F)c3)CCCC2)CC1. The molecule has 4 heteroatoms. The molecule has 1 aliphatic heterocycles. The summed E-state index contributed by atoms with van der Waals surface area (Å²) in [5.41, 5.74) is 0.321. The fourth-order valence-electron chi connectivity index (χ4n) is 3.89. The summed E-state index contributed by atoms with van der Waals surface area (Å²) in [7, 11) is 2.11. The lowest BCUT2D eigenvalue weighted by molar-refractivity contribution is -0.127. The van der Waals surface area contributed by atoms with Crippen LogP contribution < -0.4 is 5.32 Å². The zero-order valence-electron chi connectivity index (χ0n) is 13.3. The molecule has 22 heavy (non-hydrogen) atoms. The van der Waals surface area contributed by atoms with Gasteiger partial charge < -0.3 is 10.2 Å². The lowest BCUT2D eigenvalue weighted by Gasteiger charge is -2.34. The molecule has 0 spiro atoms. The van der Waals surface area contributed by atoms with E-state index in [1.54, 1.807) is 12.1 Å². The highest BCUT2D eigenvalue weighted by atomic mass is 19.1. The minimum Gasteiger partial charge on any atom is -0.353 e. The van der Waals surface area contributed by atoms with Gasteiger partial charge >= 0.3 is 0 Å². The zero-order valence-corrected chi connectivity index (χ0v) is 13.3. The van der Waals surface area contributed by atoms with E-state index in [1.165, 1.54) is 6.07 Å². The van der Waals surface area contributed by atoms with Crippen LogP contribution in [-0.4, -0.2) is 37.0 Å². The van der Waals surface area contributed by atoms with Crippen LogP contribution in [0.1, 0.15) is 44.1 Å². The summed E-state index contributed by atoms with van der Waals surface area (Å²) in [5.74, 6) is -0.152. The van der Waals surface area contributed by atoms with Crippen molar-refractivity contribution >= 4 is 5.91 Å². The first-order chi connectivity index (χ1) is 10.6. The van der Waals surface area contributed by atoms with Crippen LogP contribution in [0.4, 0.5) is 4.39 Å². The van der Waals surface area contributed by atoms with Crippen molar-refractivity contribution in [2.75, 3.05) is 20.1 Å². The number of nitrogens with one attached hydrogen (secondary N) is 1. The Morgan fingerprint density at radius 2 is 1.95 bits per heavy atom. The third kappa shape index (κ3) is 3.02. The van der Waals surface area contributed by atoms with Crippen molar-refractivity contribution in [3.63, 3.8) is 0 Å². The van der Waals surface area contributed by atoms with E-state index in [4.69, 9.17) is 0 Å². The van der Waals surface area contributed by atoms with Crippen LogP contribution in [0.5, 0.6) is 0 Å². The van der Waals surface area contributed by atoms with Crippen molar-refractivity contribution in [1.29, 1.82) is 0 Å². The predicted octanol–water partition coefficient (Wildman–Crippen LogP) is 2.85. The molecule has 0 radical (unpaired) electrons. The highest BCUT2D eigenvalue weighted by Crippen LogP contribution is 2.41. The number of carbonyl (C=O) groups is 1. The third-order valence-electron chi connectivity index (χ3n) is 5.32. The molecule has 1 aromatic rings. The number of carbonyl (C=O) groups excluding carboxylic acids is 1. The molecular weight excluding hydrogens is 279 g/mol. The third-order valence-corrected chi connectivity index (χ3v) is 5.32. The second-order valence-corrected chi connectivity index (χ2v) is 6.85. The highest BCUT2D eigenvalue weighted by Gasteiger charge is 2.43. The summed E-state index contributed by atoms with van der Waals surface area (Å²) in [5, 5.41) is 3.25. The first-order valence-corrected chi connectivity index (χ1v) is 8.36. The number of hydrogen-bond acceptors (Lipinski definition) is 2. The Balaban J connectivity index is 1.77. The van der Waals surface area contributed by atoms with Crippen LogP contribution >= 0.6 is 0 Å². The van der Waals surface area contributed by atoms with E-state index in [9.17, 15) is 9.18 Å². The molecule has 1 heterocycles. The Morgan fingerprint density at radius 1 is 1.27 bits per heavy atom. The number of nitrogens with zero attached hydrogens (tertiary/aromatic N) is 1. The van der Waals surface area contributed by atoms with Gasteiger partial charge in [-0.15, -0.1) is 0 Å². The van der Waals surface area contributed by atoms with Crippen LogP contribution in [0.2, 0.25) is 0 Å². The van der Waals surface area contributed by atoms with Gasteiger partial charge in [0, 0.05) is 6.04 Å². The van der Waals surface area contributed by atoms with Gasteiger partial charge in [0.1, 0.15) is 5.82 Å². The number of likely N-dealkylation sites (tertiary alicyclic amines) is 1. The molecule has 3 rings (SSSR count). The lowest BCUT2D eigenvalue weighted by Crippen LogP contribution is -2.50. The van der Waals surface area contributed by atoms with E-state index >= 15 is 0 Å². The Kier molecular flexibility index (Phi) is 4.48. The molecule has 0 unspecified atom stereocenters. The summed E-state index contributed by atoms with van der Waals surface area (Å²) in [6.07, 6.45) is 5.74. The van der Waals surface area contributed by atoms with E-state index < -0.39 is 5.41 Å². The smallest absolute Gasteiger partial charge is 0.230 e. The minimum atomic E-state index is -0.522. The predicted molar refractivity (Wildman–Crippen MR) is 85.2 cm³/mol. The van der Waals surface area contributed by atoms with E-state index in [1.807, 2.05) is 6.07 Å². The van der Waals surface area contributed by atoms with Gasteiger partial charge in [0.05, 0.1) is 5.41 Å². The molecule has 2 aliphatic rings. The van der Waals surface area contributed by atoms with Crippen LogP contribution in [0.25, 0.3) is 0 Å². The number of amides is 1. The summed E-state index contributed by atoms with van der Waals surface area (Å²) in [6.45, 7) is 2.05. The molecule has 1 saturated heterocycles. The lowest BCUT2D eigenvalue weighted by atomic mass is 9.77. The minimum absolute atomic E-state index is 0.102. The van der Waals surface area contributed by atoms with E-state index in [0.29, 0.717) is 0 Å². The zero-order chi connectivity index (χ0) is 15.6. The first-order valence-electron chi connectivity index (χ1n) is 8.36. The fraction of sp³-hybridized carbons (Fsp3) is 0.611. The summed E-state index contributed by atoms with van der Waals surface area (Å²) >= 11 is 0. The quantitative estimate of drug-likeness (QED) is 0.931. The van der Waals surface area contributed by atoms with Crippen LogP contribution in [-0.2, 0) is 10.2 Å². The normalized spacial score (nSPS) is 22.6. The van der Waals surface area contributed by atoms with Crippen molar-refractivity contribution in [3.8, 4) is 0 Å². The maximum absolute atomic E-state index is 13.6. The van der Waals surface area contributed by atoms with Crippen molar-refractivity contribution in [2.45, 2.75) is 50.0 Å². The molecule has 1 N–H and O–H groups in total. The molecule has 0 aromatic heterocycles. The van der Waals surface area contributed by atoms with Gasteiger partial charge in [0.25, 0.3) is 0 Å². The number of rotatable bonds is 3. The molecular formula is C18H25FN2O. The van der Waals surface area contributed by atoms with Gasteiger partial charge in [-0.1, -0.05) is 25.0 Å². The molecule has 1 aromatic carbocycles. The van der Waals surface area contributed by atoms with Gasteiger partial charge in [-0.2, -0.15) is 0 Å². The van der Waals surface area contributed by atoms with E-state index in [0.717, 1.165) is 57.2 Å². The van der Waals surface area contributed by atoms with Crippen molar-refractivity contribution in [1.82, 2.24) is 10.2 Å². The Hall–Kier alpha value is -1.42. The van der Waals surface area contributed by atoms with Crippen molar-refractivity contribution in [3.05, 3.63) is 35.6 Å². The fourth-order valence-corrected chi connectivity index (χ4v) is 3.89. The largest absolute Gasteiger partial charge is 0.353 e. The molecule has 0 bridgehead atoms. The Bertz CT molecular complexity index is 532. The average Bonchev–Trinajstić information content (AvgIpc) is 3.00. The average molecular weight is 304 g/mol. The topological polar surface area (TPSA) is 32.3 Å². The molecule has 120 valence electrons. The van der Waals surface area contributed by atoms with Crippen molar-refractivity contribution < 1.29 is 9.18 Å². The van der Waals surface area contributed by atoms with Crippen LogP contribution in [0.3, 0.4) is 0 Å². The number of benzene rings is 1. The van der Waals surface area contributed by atoms with Gasteiger partial charge in [0.2, 0.25) is 5.91 Å². The summed E-state index contributed by atoms with van der Waals surface area (Å²) in [6, 6.07) is 6.87. The molecule has 3 nitrogen and oxygen atoms in total. The standard InChI is InChI=1S/C18H25FN2O/c1-21-11-7-16(8-12-21)20-17(22)18(9-2-3-10-18)14-5-4-6-15(19)13-14/h4-6,13,16H,2-3,7-12H2,1H3,(H,20,22). The van der Waals surface area contributed by atoms with Gasteiger partial charge in [0.15, 0.2) is 0 Å². The van der Waals surface area contributed by atoms with Gasteiger partial charge in [-0.3, -0.25) is 4.79 Å². The number of piperidine rings is 1. The summed E-state index contributed by atoms with van der Waals surface area (Å²) in [4.78, 5) is 15.3. The van der Waals surface area contributed by atoms with E-state index in [-0.39, 0.29) is 17.8 Å². The van der Waals surface area contributed by atoms with E-state index in [2.05, 4.69) is 17.3 Å². The highest BCUT2D eigenvalue weighted by molar-refractivity contribution is 5.88. The summed E-state index contributed by atoms with van der Waals surface area (Å²) < 4.78 is 13.6. The van der Waals surface area contributed by atoms with Gasteiger partial charge in [-0.25, -0.2) is 4.39 Å². The van der Waals surface area contributed by atoms with Gasteiger partial charge in [-0.05, 0) is 63.5 Å². The maximum atomic E-state index is 13.6. The monoisotopic (exact) mass is 304 g/mol. The molecule has 2 fully saturated rings. The number of halogens is 1. The Labute approximate surface area is 131 Å². The van der Waals surface area contributed by atoms with Crippen LogP contribution in [0.15, 0.2) is 24.3 Å². The Morgan fingerprint density at radius 3 is 2.59 bits per heavy atom. The first kappa shape index (κ1) is 15.5. The second kappa shape index (κ2) is 6.37. The van der Waals surface area contributed by atoms with Crippen molar-refractivity contribution in [2.24, 2.45) is 0 Å². The number of hydrogen-bond donors (Lipinski definition) is 1. The molecule has 0 atom stereocenters. The molecule has 1 saturated carbocycles. The molecule has 1 aliphatic carbocycles. The van der Waals surface area contributed by atoms with Crippen LogP contribution in [0, 0.1) is 5.82 Å². The maximum Gasteiger partial charge on any atom is 0.230 e. The second-order valence-electron chi connectivity index (χ2n) is 6.85.